The van der Waals surface area contributed by atoms with E-state index in [4.69, 9.17) is 11.2 Å². The van der Waals surface area contributed by atoms with Crippen LogP contribution in [0.2, 0.25) is 0 Å². The van der Waals surface area contributed by atoms with Crippen LogP contribution in [0.4, 0.5) is 0 Å². The van der Waals surface area contributed by atoms with Crippen molar-refractivity contribution >= 4 is 6.79 Å². The molecule has 0 radical (unpaired) electrons. The summed E-state index contributed by atoms with van der Waals surface area (Å²) >= 11 is 0. The van der Waals surface area contributed by atoms with Gasteiger partial charge in [0.1, 0.15) is 6.79 Å². The van der Waals surface area contributed by atoms with Gasteiger partial charge >= 0.3 is 0 Å². The number of carbonyl (C=O) groups excluding carboxylic acids is 1. The monoisotopic (exact) mass is 224 g/mol. The lowest BCUT2D eigenvalue weighted by molar-refractivity contribution is -0.0979. The van der Waals surface area contributed by atoms with Gasteiger partial charge in [-0.05, 0) is 19.1 Å². The van der Waals surface area contributed by atoms with E-state index in [1.807, 2.05) is 55.3 Å². The molecule has 0 amide bonds. The minimum absolute atomic E-state index is 0.938. The van der Waals surface area contributed by atoms with E-state index >= 15 is 0 Å². The third kappa shape index (κ3) is 7.58. The average Bonchev–Trinajstić information content (AvgIpc) is 2.43. The summed E-state index contributed by atoms with van der Waals surface area (Å²) in [5.41, 5.74) is 2.26. The van der Waals surface area contributed by atoms with Crippen molar-refractivity contribution in [1.82, 2.24) is 0 Å². The fraction of sp³-hybridized carbons (Fsp3) is 0.0625. The Balaban J connectivity index is 0.000000265. The summed E-state index contributed by atoms with van der Waals surface area (Å²) in [4.78, 5) is 8.00. The van der Waals surface area contributed by atoms with Crippen LogP contribution >= 0.6 is 0 Å². The molecular formula is C16H16O. The van der Waals surface area contributed by atoms with Crippen LogP contribution < -0.4 is 0 Å². The van der Waals surface area contributed by atoms with E-state index in [0.29, 0.717) is 0 Å². The molecule has 0 atom stereocenters. The summed E-state index contributed by atoms with van der Waals surface area (Å²) in [6.07, 6.45) is 5.10. The molecule has 0 spiro atoms. The normalized spacial score (nSPS) is 7.53. The van der Waals surface area contributed by atoms with Gasteiger partial charge in [0.05, 0.1) is 0 Å². The zero-order valence-corrected chi connectivity index (χ0v) is 9.97. The maximum atomic E-state index is 8.00. The zero-order valence-electron chi connectivity index (χ0n) is 9.97. The van der Waals surface area contributed by atoms with Crippen molar-refractivity contribution in [3.8, 4) is 12.3 Å². The number of hydrogen-bond donors (Lipinski definition) is 0. The zero-order chi connectivity index (χ0) is 12.9. The lowest BCUT2D eigenvalue weighted by atomic mass is 10.2. The Hall–Kier alpha value is -2.33. The van der Waals surface area contributed by atoms with E-state index in [-0.39, 0.29) is 0 Å². The molecule has 0 aliphatic heterocycles. The average molecular weight is 224 g/mol. The molecule has 0 saturated carbocycles. The molecule has 0 heterocycles. The summed E-state index contributed by atoms with van der Waals surface area (Å²) in [6, 6.07) is 19.9. The SMILES string of the molecule is C#Cc1ccccc1.C=O.Cc1ccccc1. The minimum Gasteiger partial charge on any atom is -0.307 e. The Kier molecular flexibility index (Phi) is 8.80. The Morgan fingerprint density at radius 2 is 1.29 bits per heavy atom. The van der Waals surface area contributed by atoms with Gasteiger partial charge in [-0.2, -0.15) is 0 Å². The van der Waals surface area contributed by atoms with Crippen molar-refractivity contribution in [1.29, 1.82) is 0 Å². The highest BCUT2D eigenvalue weighted by molar-refractivity contribution is 5.30. The van der Waals surface area contributed by atoms with Crippen molar-refractivity contribution in [2.24, 2.45) is 0 Å². The van der Waals surface area contributed by atoms with Crippen molar-refractivity contribution in [2.75, 3.05) is 0 Å². The Morgan fingerprint density at radius 3 is 1.53 bits per heavy atom. The molecule has 17 heavy (non-hydrogen) atoms. The predicted octanol–water partition coefficient (Wildman–Crippen LogP) is 3.48. The van der Waals surface area contributed by atoms with Crippen LogP contribution in [0, 0.1) is 19.3 Å². The maximum absolute atomic E-state index is 8.00. The van der Waals surface area contributed by atoms with Gasteiger partial charge in [0, 0.05) is 5.56 Å². The third-order valence-corrected chi connectivity index (χ3v) is 1.88. The summed E-state index contributed by atoms with van der Waals surface area (Å²) in [6.45, 7) is 4.08. The van der Waals surface area contributed by atoms with Gasteiger partial charge in [0.15, 0.2) is 0 Å². The van der Waals surface area contributed by atoms with Gasteiger partial charge in [0.25, 0.3) is 0 Å². The summed E-state index contributed by atoms with van der Waals surface area (Å²) < 4.78 is 0. The van der Waals surface area contributed by atoms with E-state index in [9.17, 15) is 0 Å². The first-order valence-corrected chi connectivity index (χ1v) is 5.15. The van der Waals surface area contributed by atoms with Crippen LogP contribution in [-0.4, -0.2) is 6.79 Å². The van der Waals surface area contributed by atoms with Gasteiger partial charge in [0.2, 0.25) is 0 Å². The minimum atomic E-state index is 0.938. The van der Waals surface area contributed by atoms with Crippen molar-refractivity contribution in [3.63, 3.8) is 0 Å². The molecule has 0 aliphatic carbocycles. The molecule has 2 aromatic rings. The van der Waals surface area contributed by atoms with Crippen LogP contribution in [-0.2, 0) is 4.79 Å². The molecule has 0 N–H and O–H groups in total. The second-order valence-corrected chi connectivity index (χ2v) is 3.17. The number of hydrogen-bond acceptors (Lipinski definition) is 1. The van der Waals surface area contributed by atoms with Gasteiger partial charge in [-0.25, -0.2) is 0 Å². The van der Waals surface area contributed by atoms with E-state index in [1.54, 1.807) is 0 Å². The molecule has 2 aromatic carbocycles. The third-order valence-electron chi connectivity index (χ3n) is 1.88. The van der Waals surface area contributed by atoms with Gasteiger partial charge in [-0.3, -0.25) is 0 Å². The van der Waals surface area contributed by atoms with Crippen LogP contribution in [0.1, 0.15) is 11.1 Å². The van der Waals surface area contributed by atoms with Gasteiger partial charge in [-0.15, -0.1) is 6.42 Å². The van der Waals surface area contributed by atoms with Crippen LogP contribution in [0.5, 0.6) is 0 Å². The number of terminal acetylenes is 1. The summed E-state index contributed by atoms with van der Waals surface area (Å²) in [5, 5.41) is 0. The molecule has 0 aromatic heterocycles. The molecule has 86 valence electrons. The number of aryl methyl sites for hydroxylation is 1. The fourth-order valence-corrected chi connectivity index (χ4v) is 1.07. The predicted molar refractivity (Wildman–Crippen MR) is 72.7 cm³/mol. The van der Waals surface area contributed by atoms with Crippen molar-refractivity contribution < 1.29 is 4.79 Å². The topological polar surface area (TPSA) is 17.1 Å². The first-order valence-electron chi connectivity index (χ1n) is 5.15. The molecule has 0 unspecified atom stereocenters. The number of rotatable bonds is 0. The summed E-state index contributed by atoms with van der Waals surface area (Å²) in [5.74, 6) is 2.53. The van der Waals surface area contributed by atoms with Crippen LogP contribution in [0.25, 0.3) is 0 Å². The molecule has 1 heteroatoms. The highest BCUT2D eigenvalue weighted by Gasteiger charge is 1.76. The number of carbonyl (C=O) groups is 1. The highest BCUT2D eigenvalue weighted by Crippen LogP contribution is 1.93. The largest absolute Gasteiger partial charge is 0.307 e. The van der Waals surface area contributed by atoms with E-state index < -0.39 is 0 Å². The van der Waals surface area contributed by atoms with E-state index in [1.165, 1.54) is 5.56 Å². The molecule has 0 bridgehead atoms. The second-order valence-electron chi connectivity index (χ2n) is 3.17. The molecule has 2 rings (SSSR count). The van der Waals surface area contributed by atoms with Gasteiger partial charge in [-0.1, -0.05) is 60.0 Å². The Bertz CT molecular complexity index is 426. The first-order chi connectivity index (χ1) is 8.33. The maximum Gasteiger partial charge on any atom is 0.106 e. The van der Waals surface area contributed by atoms with Crippen LogP contribution in [0.3, 0.4) is 0 Å². The van der Waals surface area contributed by atoms with Crippen molar-refractivity contribution in [3.05, 3.63) is 71.8 Å². The van der Waals surface area contributed by atoms with Crippen LogP contribution in [0.15, 0.2) is 60.7 Å². The van der Waals surface area contributed by atoms with Gasteiger partial charge < -0.3 is 4.79 Å². The lowest BCUT2D eigenvalue weighted by Crippen LogP contribution is -1.66. The molecule has 0 fully saturated rings. The highest BCUT2D eigenvalue weighted by atomic mass is 16.1. The molecular weight excluding hydrogens is 208 g/mol. The van der Waals surface area contributed by atoms with Crippen molar-refractivity contribution in [2.45, 2.75) is 6.92 Å². The lowest BCUT2D eigenvalue weighted by Gasteiger charge is -1.82. The summed E-state index contributed by atoms with van der Waals surface area (Å²) in [7, 11) is 0. The Labute approximate surface area is 103 Å². The Morgan fingerprint density at radius 1 is 0.882 bits per heavy atom. The second kappa shape index (κ2) is 10.2. The quantitative estimate of drug-likeness (QED) is 0.626. The standard InChI is InChI=1S/C8H6.C7H8.CH2O/c1-2-8-6-4-3-5-7-8;1-7-5-3-2-4-6-7;1-2/h1,3-7H;2-6H,1H3;1H2. The molecule has 1 nitrogen and oxygen atoms in total. The van der Waals surface area contributed by atoms with E-state index in [0.717, 1.165) is 5.56 Å². The first kappa shape index (κ1) is 14.7. The number of benzene rings is 2. The van der Waals surface area contributed by atoms with E-state index in [2.05, 4.69) is 25.0 Å². The smallest absolute Gasteiger partial charge is 0.106 e. The molecule has 0 aliphatic rings. The molecule has 0 saturated heterocycles. The fourth-order valence-electron chi connectivity index (χ4n) is 1.07.